The smallest absolute Gasteiger partial charge is 0.361 e. The summed E-state index contributed by atoms with van der Waals surface area (Å²) in [7, 11) is 0. The molecule has 0 spiro atoms. The lowest BCUT2D eigenvalue weighted by Gasteiger charge is -2.05. The molecule has 2 heterocycles. The average molecular weight is 311 g/mol. The monoisotopic (exact) mass is 311 g/mol. The largest absolute Gasteiger partial charge is 0.461 e. The van der Waals surface area contributed by atoms with Gasteiger partial charge in [0, 0.05) is 18.0 Å². The van der Waals surface area contributed by atoms with Crippen molar-refractivity contribution in [2.24, 2.45) is 0 Å². The van der Waals surface area contributed by atoms with E-state index in [0.29, 0.717) is 22.9 Å². The standard InChI is InChI=1S/C15H13N5O3/c1-2-22-15(21)14-13(18-20-19-14)10-3-5-11(6-4-10)23-12-9-16-7-8-17-12/h3-9H,2H2,1H3,(H,18,19,20). The summed E-state index contributed by atoms with van der Waals surface area (Å²) in [6, 6.07) is 7.03. The molecule has 0 saturated heterocycles. The molecule has 0 fully saturated rings. The van der Waals surface area contributed by atoms with Gasteiger partial charge in [0.15, 0.2) is 5.69 Å². The second-order valence-corrected chi connectivity index (χ2v) is 4.41. The molecule has 3 aromatic rings. The van der Waals surface area contributed by atoms with Gasteiger partial charge in [-0.15, -0.1) is 5.10 Å². The highest BCUT2D eigenvalue weighted by molar-refractivity contribution is 5.93. The summed E-state index contributed by atoms with van der Waals surface area (Å²) in [5, 5.41) is 10.3. The molecule has 0 amide bonds. The zero-order chi connectivity index (χ0) is 16.1. The number of esters is 1. The van der Waals surface area contributed by atoms with E-state index in [1.807, 2.05) is 0 Å². The second kappa shape index (κ2) is 6.65. The van der Waals surface area contributed by atoms with Gasteiger partial charge in [-0.05, 0) is 31.2 Å². The number of nitrogens with one attached hydrogen (secondary N) is 1. The Kier molecular flexibility index (Phi) is 4.23. The van der Waals surface area contributed by atoms with Crippen LogP contribution in [0.5, 0.6) is 11.6 Å². The summed E-state index contributed by atoms with van der Waals surface area (Å²) in [4.78, 5) is 19.8. The number of ether oxygens (including phenoxy) is 2. The normalized spacial score (nSPS) is 10.3. The topological polar surface area (TPSA) is 103 Å². The predicted octanol–water partition coefficient (Wildman–Crippen LogP) is 2.23. The Hall–Kier alpha value is -3.29. The molecule has 0 atom stereocenters. The highest BCUT2D eigenvalue weighted by atomic mass is 16.5. The molecular weight excluding hydrogens is 298 g/mol. The molecule has 1 N–H and O–H groups in total. The van der Waals surface area contributed by atoms with Crippen molar-refractivity contribution in [3.8, 4) is 22.9 Å². The fourth-order valence-electron chi connectivity index (χ4n) is 1.91. The first-order valence-corrected chi connectivity index (χ1v) is 6.90. The van der Waals surface area contributed by atoms with Gasteiger partial charge < -0.3 is 9.47 Å². The zero-order valence-electron chi connectivity index (χ0n) is 12.3. The number of nitrogens with zero attached hydrogens (tertiary/aromatic N) is 4. The third kappa shape index (κ3) is 3.31. The van der Waals surface area contributed by atoms with E-state index in [2.05, 4.69) is 25.4 Å². The van der Waals surface area contributed by atoms with Crippen LogP contribution in [0.4, 0.5) is 0 Å². The number of carbonyl (C=O) groups is 1. The summed E-state index contributed by atoms with van der Waals surface area (Å²) >= 11 is 0. The molecule has 0 radical (unpaired) electrons. The van der Waals surface area contributed by atoms with E-state index in [1.54, 1.807) is 43.6 Å². The summed E-state index contributed by atoms with van der Waals surface area (Å²) < 4.78 is 10.5. The van der Waals surface area contributed by atoms with Gasteiger partial charge in [0.1, 0.15) is 11.4 Å². The highest BCUT2D eigenvalue weighted by Crippen LogP contribution is 2.25. The first-order valence-electron chi connectivity index (χ1n) is 6.90. The van der Waals surface area contributed by atoms with Crippen LogP contribution in [-0.2, 0) is 4.74 Å². The van der Waals surface area contributed by atoms with Crippen molar-refractivity contribution in [2.45, 2.75) is 6.92 Å². The van der Waals surface area contributed by atoms with E-state index in [1.165, 1.54) is 6.20 Å². The van der Waals surface area contributed by atoms with Gasteiger partial charge in [-0.1, -0.05) is 0 Å². The summed E-state index contributed by atoms with van der Waals surface area (Å²) in [6.45, 7) is 2.01. The fraction of sp³-hybridized carbons (Fsp3) is 0.133. The minimum absolute atomic E-state index is 0.148. The first-order chi connectivity index (χ1) is 11.3. The Morgan fingerprint density at radius 2 is 2.00 bits per heavy atom. The van der Waals surface area contributed by atoms with Gasteiger partial charge in [-0.3, -0.25) is 4.98 Å². The Balaban J connectivity index is 1.80. The van der Waals surface area contributed by atoms with Gasteiger partial charge >= 0.3 is 5.97 Å². The Morgan fingerprint density at radius 1 is 1.17 bits per heavy atom. The van der Waals surface area contributed by atoms with Crippen LogP contribution in [0.15, 0.2) is 42.9 Å². The fourth-order valence-corrected chi connectivity index (χ4v) is 1.91. The quantitative estimate of drug-likeness (QED) is 0.720. The van der Waals surface area contributed by atoms with Crippen LogP contribution in [0.2, 0.25) is 0 Å². The molecule has 0 saturated carbocycles. The van der Waals surface area contributed by atoms with Gasteiger partial charge in [0.2, 0.25) is 5.88 Å². The molecule has 0 unspecified atom stereocenters. The molecule has 0 aliphatic rings. The molecule has 0 aliphatic carbocycles. The third-order valence-corrected chi connectivity index (χ3v) is 2.91. The zero-order valence-corrected chi connectivity index (χ0v) is 12.3. The van der Waals surface area contributed by atoms with Crippen LogP contribution in [0, 0.1) is 0 Å². The highest BCUT2D eigenvalue weighted by Gasteiger charge is 2.18. The third-order valence-electron chi connectivity index (χ3n) is 2.91. The van der Waals surface area contributed by atoms with Crippen LogP contribution in [0.25, 0.3) is 11.3 Å². The number of rotatable bonds is 5. The Morgan fingerprint density at radius 3 is 2.70 bits per heavy atom. The molecule has 0 bridgehead atoms. The lowest BCUT2D eigenvalue weighted by atomic mass is 10.1. The Labute approximate surface area is 131 Å². The minimum atomic E-state index is -0.517. The Bertz CT molecular complexity index is 786. The van der Waals surface area contributed by atoms with E-state index < -0.39 is 5.97 Å². The summed E-state index contributed by atoms with van der Waals surface area (Å²) in [5.41, 5.74) is 1.29. The van der Waals surface area contributed by atoms with Gasteiger partial charge in [-0.2, -0.15) is 10.3 Å². The summed E-state index contributed by atoms with van der Waals surface area (Å²) in [5.74, 6) is 0.473. The number of aromatic nitrogens is 5. The molecule has 8 nitrogen and oxygen atoms in total. The van der Waals surface area contributed by atoms with Crippen LogP contribution >= 0.6 is 0 Å². The lowest BCUT2D eigenvalue weighted by Crippen LogP contribution is -2.06. The van der Waals surface area contributed by atoms with E-state index in [9.17, 15) is 4.79 Å². The van der Waals surface area contributed by atoms with Crippen LogP contribution in [-0.4, -0.2) is 38.0 Å². The maximum atomic E-state index is 11.8. The number of H-pyrrole nitrogens is 1. The van der Waals surface area contributed by atoms with Crippen molar-refractivity contribution in [3.05, 3.63) is 48.5 Å². The molecule has 8 heteroatoms. The van der Waals surface area contributed by atoms with Crippen molar-refractivity contribution in [1.29, 1.82) is 0 Å². The van der Waals surface area contributed by atoms with Crippen molar-refractivity contribution >= 4 is 5.97 Å². The van der Waals surface area contributed by atoms with E-state index >= 15 is 0 Å². The van der Waals surface area contributed by atoms with Crippen LogP contribution in [0.1, 0.15) is 17.4 Å². The van der Waals surface area contributed by atoms with Gasteiger partial charge in [0.05, 0.1) is 12.8 Å². The maximum Gasteiger partial charge on any atom is 0.361 e. The molecule has 2 aromatic heterocycles. The van der Waals surface area contributed by atoms with Crippen LogP contribution < -0.4 is 4.74 Å². The number of benzene rings is 1. The van der Waals surface area contributed by atoms with E-state index in [0.717, 1.165) is 0 Å². The number of hydrogen-bond donors (Lipinski definition) is 1. The number of hydrogen-bond acceptors (Lipinski definition) is 7. The average Bonchev–Trinajstić information content (AvgIpc) is 3.06. The van der Waals surface area contributed by atoms with Crippen molar-refractivity contribution < 1.29 is 14.3 Å². The molecule has 23 heavy (non-hydrogen) atoms. The summed E-state index contributed by atoms with van der Waals surface area (Å²) in [6.07, 6.45) is 4.63. The second-order valence-electron chi connectivity index (χ2n) is 4.41. The van der Waals surface area contributed by atoms with E-state index in [4.69, 9.17) is 9.47 Å². The first kappa shape index (κ1) is 14.6. The number of aromatic amines is 1. The molecular formula is C15H13N5O3. The van der Waals surface area contributed by atoms with Crippen LogP contribution in [0.3, 0.4) is 0 Å². The molecule has 1 aromatic carbocycles. The number of carbonyl (C=O) groups excluding carboxylic acids is 1. The predicted molar refractivity (Wildman–Crippen MR) is 79.9 cm³/mol. The van der Waals surface area contributed by atoms with Gasteiger partial charge in [-0.25, -0.2) is 9.78 Å². The molecule has 3 rings (SSSR count). The molecule has 0 aliphatic heterocycles. The molecule has 116 valence electrons. The van der Waals surface area contributed by atoms with Crippen molar-refractivity contribution in [2.75, 3.05) is 6.61 Å². The maximum absolute atomic E-state index is 11.8. The van der Waals surface area contributed by atoms with Gasteiger partial charge in [0.25, 0.3) is 0 Å². The van der Waals surface area contributed by atoms with Crippen molar-refractivity contribution in [1.82, 2.24) is 25.4 Å². The SMILES string of the molecule is CCOC(=O)c1n[nH]nc1-c1ccc(Oc2cnccn2)cc1. The van der Waals surface area contributed by atoms with Crippen molar-refractivity contribution in [3.63, 3.8) is 0 Å². The van der Waals surface area contributed by atoms with E-state index in [-0.39, 0.29) is 12.3 Å². The lowest BCUT2D eigenvalue weighted by molar-refractivity contribution is 0.0520. The minimum Gasteiger partial charge on any atom is -0.461 e.